The summed E-state index contributed by atoms with van der Waals surface area (Å²) < 4.78 is 5.25. The van der Waals surface area contributed by atoms with Gasteiger partial charge in [0.2, 0.25) is 5.91 Å². The number of amides is 1. The van der Waals surface area contributed by atoms with Gasteiger partial charge in [-0.3, -0.25) is 4.79 Å². The number of carbonyl (C=O) groups excluding carboxylic acids is 1. The number of halogens is 1. The summed E-state index contributed by atoms with van der Waals surface area (Å²) >= 11 is 0. The molecule has 124 valence electrons. The van der Waals surface area contributed by atoms with Crippen LogP contribution in [-0.4, -0.2) is 31.0 Å². The van der Waals surface area contributed by atoms with Crippen molar-refractivity contribution in [2.24, 2.45) is 4.99 Å². The Morgan fingerprint density at radius 3 is 2.86 bits per heavy atom. The molecule has 2 rings (SSSR count). The zero-order valence-corrected chi connectivity index (χ0v) is 15.3. The second kappa shape index (κ2) is 10.5. The highest BCUT2D eigenvalue weighted by atomic mass is 127. The Kier molecular flexibility index (Phi) is 8.95. The molecule has 7 heteroatoms. The topological polar surface area (TPSA) is 78.7 Å². The largest absolute Gasteiger partial charge is 0.467 e. The molecule has 6 nitrogen and oxygen atoms in total. The van der Waals surface area contributed by atoms with Crippen LogP contribution in [0.25, 0.3) is 0 Å². The van der Waals surface area contributed by atoms with Crippen LogP contribution in [0.15, 0.2) is 27.8 Å². The molecule has 0 spiro atoms. The van der Waals surface area contributed by atoms with Gasteiger partial charge in [0.25, 0.3) is 0 Å². The molecule has 1 aromatic heterocycles. The van der Waals surface area contributed by atoms with Crippen molar-refractivity contribution in [2.75, 3.05) is 13.1 Å². The first-order valence-corrected chi connectivity index (χ1v) is 7.62. The second-order valence-corrected chi connectivity index (χ2v) is 5.15. The molecule has 0 bridgehead atoms. The van der Waals surface area contributed by atoms with Crippen molar-refractivity contribution in [2.45, 2.75) is 45.2 Å². The summed E-state index contributed by atoms with van der Waals surface area (Å²) in [5.41, 5.74) is 0. The Labute approximate surface area is 148 Å². The van der Waals surface area contributed by atoms with Crippen LogP contribution in [0.3, 0.4) is 0 Å². The summed E-state index contributed by atoms with van der Waals surface area (Å²) in [5.74, 6) is 1.73. The molecule has 22 heavy (non-hydrogen) atoms. The van der Waals surface area contributed by atoms with E-state index in [1.807, 2.05) is 19.1 Å². The summed E-state index contributed by atoms with van der Waals surface area (Å²) in [6.45, 7) is 4.05. The lowest BCUT2D eigenvalue weighted by Gasteiger charge is -2.10. The number of furan rings is 1. The fourth-order valence-electron chi connectivity index (χ4n) is 1.88. The van der Waals surface area contributed by atoms with Gasteiger partial charge < -0.3 is 20.4 Å². The van der Waals surface area contributed by atoms with Crippen molar-refractivity contribution in [1.82, 2.24) is 16.0 Å². The van der Waals surface area contributed by atoms with E-state index in [9.17, 15) is 4.79 Å². The predicted molar refractivity (Wildman–Crippen MR) is 97.3 cm³/mol. The first kappa shape index (κ1) is 18.8. The maximum atomic E-state index is 11.5. The minimum Gasteiger partial charge on any atom is -0.467 e. The van der Waals surface area contributed by atoms with E-state index in [1.54, 1.807) is 6.26 Å². The van der Waals surface area contributed by atoms with Gasteiger partial charge in [0.15, 0.2) is 5.96 Å². The highest BCUT2D eigenvalue weighted by molar-refractivity contribution is 14.0. The summed E-state index contributed by atoms with van der Waals surface area (Å²) in [4.78, 5) is 16.0. The molecule has 3 N–H and O–H groups in total. The lowest BCUT2D eigenvalue weighted by Crippen LogP contribution is -2.38. The van der Waals surface area contributed by atoms with E-state index in [0.29, 0.717) is 19.0 Å². The molecule has 0 aliphatic heterocycles. The minimum atomic E-state index is 0. The van der Waals surface area contributed by atoms with Crippen molar-refractivity contribution in [3.05, 3.63) is 24.2 Å². The highest BCUT2D eigenvalue weighted by Crippen LogP contribution is 2.18. The lowest BCUT2D eigenvalue weighted by atomic mass is 10.3. The van der Waals surface area contributed by atoms with Crippen LogP contribution < -0.4 is 16.0 Å². The molecule has 1 aliphatic carbocycles. The van der Waals surface area contributed by atoms with Gasteiger partial charge in [0.05, 0.1) is 6.26 Å². The van der Waals surface area contributed by atoms with Crippen LogP contribution >= 0.6 is 24.0 Å². The Morgan fingerprint density at radius 2 is 2.23 bits per heavy atom. The standard InChI is InChI=1S/C15H24N4O2.HI/c1-2-16-15(18-11-13-5-4-10-21-13)17-9-3-6-14(20)19-12-7-8-12;/h4-5,10,12H,2-3,6-9,11H2,1H3,(H,19,20)(H2,16,17,18);1H. The zero-order valence-electron chi connectivity index (χ0n) is 12.9. The third-order valence-corrected chi connectivity index (χ3v) is 3.13. The second-order valence-electron chi connectivity index (χ2n) is 5.15. The van der Waals surface area contributed by atoms with Crippen molar-refractivity contribution in [3.63, 3.8) is 0 Å². The molecule has 0 saturated heterocycles. The molecule has 0 unspecified atom stereocenters. The van der Waals surface area contributed by atoms with E-state index >= 15 is 0 Å². The molecule has 1 saturated carbocycles. The smallest absolute Gasteiger partial charge is 0.220 e. The lowest BCUT2D eigenvalue weighted by molar-refractivity contribution is -0.121. The Bertz CT molecular complexity index is 458. The van der Waals surface area contributed by atoms with Gasteiger partial charge in [-0.25, -0.2) is 4.99 Å². The Morgan fingerprint density at radius 1 is 1.41 bits per heavy atom. The predicted octanol–water partition coefficient (Wildman–Crippen LogP) is 2.01. The highest BCUT2D eigenvalue weighted by Gasteiger charge is 2.22. The van der Waals surface area contributed by atoms with Gasteiger partial charge in [-0.2, -0.15) is 0 Å². The van der Waals surface area contributed by atoms with Crippen molar-refractivity contribution < 1.29 is 9.21 Å². The minimum absolute atomic E-state index is 0. The molecule has 0 atom stereocenters. The number of guanidine groups is 1. The number of carbonyl (C=O) groups is 1. The molecular formula is C15H25IN4O2. The molecule has 0 radical (unpaired) electrons. The van der Waals surface area contributed by atoms with E-state index < -0.39 is 0 Å². The van der Waals surface area contributed by atoms with Crippen LogP contribution in [0.1, 0.15) is 38.4 Å². The fourth-order valence-corrected chi connectivity index (χ4v) is 1.88. The van der Waals surface area contributed by atoms with Gasteiger partial charge in [0, 0.05) is 25.6 Å². The molecule has 1 fully saturated rings. The van der Waals surface area contributed by atoms with Crippen LogP contribution in [0, 0.1) is 0 Å². The summed E-state index contributed by atoms with van der Waals surface area (Å²) in [6, 6.07) is 4.19. The van der Waals surface area contributed by atoms with E-state index in [0.717, 1.165) is 44.1 Å². The number of aliphatic imine (C=N–C) groups is 1. The molecule has 1 aromatic rings. The molecular weight excluding hydrogens is 395 g/mol. The summed E-state index contributed by atoms with van der Waals surface area (Å²) in [6.07, 6.45) is 5.26. The number of hydrogen-bond acceptors (Lipinski definition) is 3. The number of nitrogens with one attached hydrogen (secondary N) is 3. The van der Waals surface area contributed by atoms with E-state index in [4.69, 9.17) is 4.42 Å². The third kappa shape index (κ3) is 7.67. The maximum Gasteiger partial charge on any atom is 0.220 e. The molecule has 1 heterocycles. The van der Waals surface area contributed by atoms with Crippen LogP contribution in [0.4, 0.5) is 0 Å². The van der Waals surface area contributed by atoms with Gasteiger partial charge in [-0.15, -0.1) is 24.0 Å². The SMILES string of the molecule is CCNC(=NCc1ccco1)NCCCC(=O)NC1CC1.I. The van der Waals surface area contributed by atoms with Crippen LogP contribution in [0.5, 0.6) is 0 Å². The Balaban J connectivity index is 0.00000242. The molecule has 1 amide bonds. The summed E-state index contributed by atoms with van der Waals surface area (Å²) in [7, 11) is 0. The third-order valence-electron chi connectivity index (χ3n) is 3.13. The monoisotopic (exact) mass is 420 g/mol. The van der Waals surface area contributed by atoms with Gasteiger partial charge >= 0.3 is 0 Å². The quantitative estimate of drug-likeness (QED) is 0.260. The first-order chi connectivity index (χ1) is 10.3. The van der Waals surface area contributed by atoms with Crippen LogP contribution in [-0.2, 0) is 11.3 Å². The van der Waals surface area contributed by atoms with E-state index in [-0.39, 0.29) is 29.9 Å². The van der Waals surface area contributed by atoms with Gasteiger partial charge in [0.1, 0.15) is 12.3 Å². The number of nitrogens with zero attached hydrogens (tertiary/aromatic N) is 1. The fraction of sp³-hybridized carbons (Fsp3) is 0.600. The average molecular weight is 420 g/mol. The van der Waals surface area contributed by atoms with Crippen molar-refractivity contribution in [3.8, 4) is 0 Å². The summed E-state index contributed by atoms with van der Waals surface area (Å²) in [5, 5.41) is 9.38. The average Bonchev–Trinajstić information content (AvgIpc) is 3.12. The van der Waals surface area contributed by atoms with Gasteiger partial charge in [-0.05, 0) is 38.3 Å². The van der Waals surface area contributed by atoms with Crippen LogP contribution in [0.2, 0.25) is 0 Å². The van der Waals surface area contributed by atoms with E-state index in [2.05, 4.69) is 20.9 Å². The zero-order chi connectivity index (χ0) is 14.9. The van der Waals surface area contributed by atoms with Crippen molar-refractivity contribution >= 4 is 35.8 Å². The molecule has 0 aromatic carbocycles. The first-order valence-electron chi connectivity index (χ1n) is 7.62. The maximum absolute atomic E-state index is 11.5. The number of rotatable bonds is 8. The molecule has 1 aliphatic rings. The Hall–Kier alpha value is -1.25. The normalized spacial score (nSPS) is 14.1. The van der Waals surface area contributed by atoms with Crippen molar-refractivity contribution in [1.29, 1.82) is 0 Å². The number of hydrogen-bond donors (Lipinski definition) is 3. The van der Waals surface area contributed by atoms with Gasteiger partial charge in [-0.1, -0.05) is 0 Å². The van der Waals surface area contributed by atoms with E-state index in [1.165, 1.54) is 0 Å².